The number of terminal acetylenes is 1. The van der Waals surface area contributed by atoms with E-state index < -0.39 is 0 Å². The molecule has 2 N–H and O–H groups in total. The Morgan fingerprint density at radius 3 is 2.65 bits per heavy atom. The minimum atomic E-state index is -0.247. The van der Waals surface area contributed by atoms with Crippen LogP contribution in [0.5, 0.6) is 11.5 Å². The second-order valence-corrected chi connectivity index (χ2v) is 5.22. The van der Waals surface area contributed by atoms with Crippen molar-refractivity contribution in [3.63, 3.8) is 0 Å². The van der Waals surface area contributed by atoms with E-state index in [4.69, 9.17) is 4.74 Å². The molecular formula is C22H22O4. The summed E-state index contributed by atoms with van der Waals surface area (Å²) in [5.74, 6) is 1.59. The zero-order chi connectivity index (χ0) is 19.5. The predicted molar refractivity (Wildman–Crippen MR) is 105 cm³/mol. The van der Waals surface area contributed by atoms with Gasteiger partial charge < -0.3 is 14.9 Å². The van der Waals surface area contributed by atoms with Crippen LogP contribution in [-0.4, -0.2) is 22.6 Å². The number of ether oxygens (including phenoxy) is 1. The lowest BCUT2D eigenvalue weighted by Gasteiger charge is -2.13. The van der Waals surface area contributed by atoms with Gasteiger partial charge >= 0.3 is 0 Å². The van der Waals surface area contributed by atoms with E-state index in [1.807, 2.05) is 0 Å². The zero-order valence-corrected chi connectivity index (χ0v) is 14.7. The second-order valence-electron chi connectivity index (χ2n) is 5.22. The van der Waals surface area contributed by atoms with E-state index in [-0.39, 0.29) is 30.3 Å². The van der Waals surface area contributed by atoms with E-state index in [0.717, 1.165) is 0 Å². The molecule has 1 aromatic carbocycles. The molecule has 0 fully saturated rings. The van der Waals surface area contributed by atoms with Crippen LogP contribution in [0, 0.1) is 12.3 Å². The van der Waals surface area contributed by atoms with Gasteiger partial charge in [0, 0.05) is 12.0 Å². The molecule has 4 heteroatoms. The van der Waals surface area contributed by atoms with Crippen LogP contribution in [0.25, 0.3) is 6.08 Å². The highest BCUT2D eigenvalue weighted by Gasteiger charge is 2.18. The Morgan fingerprint density at radius 2 is 2.04 bits per heavy atom. The predicted octanol–water partition coefficient (Wildman–Crippen LogP) is 4.07. The smallest absolute Gasteiger partial charge is 0.170 e. The Morgan fingerprint density at radius 1 is 1.35 bits per heavy atom. The van der Waals surface area contributed by atoms with Crippen LogP contribution in [0.4, 0.5) is 0 Å². The van der Waals surface area contributed by atoms with Gasteiger partial charge in [0.2, 0.25) is 0 Å². The summed E-state index contributed by atoms with van der Waals surface area (Å²) in [4.78, 5) is 12.6. The minimum absolute atomic E-state index is 0.0605. The number of fused-ring (bicyclic) bond motifs is 1. The van der Waals surface area contributed by atoms with Crippen LogP contribution >= 0.6 is 0 Å². The molecule has 1 aliphatic rings. The minimum Gasteiger partial charge on any atom is -0.504 e. The van der Waals surface area contributed by atoms with Gasteiger partial charge in [0.25, 0.3) is 0 Å². The molecule has 0 atom stereocenters. The molecule has 1 aromatic rings. The van der Waals surface area contributed by atoms with E-state index in [1.54, 1.807) is 43.4 Å². The summed E-state index contributed by atoms with van der Waals surface area (Å²) in [6.07, 6.45) is 14.2. The molecular weight excluding hydrogens is 328 g/mol. The lowest BCUT2D eigenvalue weighted by molar-refractivity contribution is -0.114. The molecule has 134 valence electrons. The van der Waals surface area contributed by atoms with Gasteiger partial charge in [0.1, 0.15) is 6.61 Å². The normalized spacial score (nSPS) is 17.0. The van der Waals surface area contributed by atoms with Crippen LogP contribution in [0.2, 0.25) is 0 Å². The van der Waals surface area contributed by atoms with Crippen molar-refractivity contribution in [2.45, 2.75) is 13.3 Å². The van der Waals surface area contributed by atoms with Crippen molar-refractivity contribution in [1.29, 1.82) is 0 Å². The number of phenols is 2. The number of hydrogen-bond donors (Lipinski definition) is 2. The quantitative estimate of drug-likeness (QED) is 0.490. The third-order valence-electron chi connectivity index (χ3n) is 3.44. The summed E-state index contributed by atoms with van der Waals surface area (Å²) in [6, 6.07) is 2.99. The molecule has 26 heavy (non-hydrogen) atoms. The number of carbonyl (C=O) groups excluding carboxylic acids is 1. The standard InChI is InChI=1S/C19H18O4.C3H4/c1-3-6-13(4-2)16-12-23-10-5-7-15-14(11-18(16)21)8-9-17(20)19(15)22;1-3-2/h3-9,12,20,22H,1-2,10-11H2;1H,2H3/b7-5-,13-6+,16-12-;. The van der Waals surface area contributed by atoms with Gasteiger partial charge in [-0.15, -0.1) is 12.3 Å². The number of phenolic OH excluding ortho intramolecular Hbond substituents is 2. The van der Waals surface area contributed by atoms with Gasteiger partial charge in [-0.3, -0.25) is 4.79 Å². The lowest BCUT2D eigenvalue weighted by atomic mass is 9.94. The van der Waals surface area contributed by atoms with Crippen LogP contribution in [-0.2, 0) is 16.0 Å². The Labute approximate surface area is 154 Å². The summed E-state index contributed by atoms with van der Waals surface area (Å²) in [5, 5.41) is 19.6. The molecule has 0 bridgehead atoms. The fourth-order valence-corrected chi connectivity index (χ4v) is 2.29. The highest BCUT2D eigenvalue weighted by atomic mass is 16.5. The number of aromatic hydroxyl groups is 2. The van der Waals surface area contributed by atoms with Crippen molar-refractivity contribution in [3.8, 4) is 23.8 Å². The summed E-state index contributed by atoms with van der Waals surface area (Å²) >= 11 is 0. The Bertz CT molecular complexity index is 817. The maximum atomic E-state index is 12.6. The summed E-state index contributed by atoms with van der Waals surface area (Å²) in [5.41, 5.74) is 2.03. The highest BCUT2D eigenvalue weighted by molar-refractivity contribution is 6.01. The van der Waals surface area contributed by atoms with Crippen LogP contribution in [0.1, 0.15) is 18.1 Å². The molecule has 0 aliphatic carbocycles. The molecule has 0 aromatic heterocycles. The van der Waals surface area contributed by atoms with E-state index >= 15 is 0 Å². The highest BCUT2D eigenvalue weighted by Crippen LogP contribution is 2.33. The first-order valence-electron chi connectivity index (χ1n) is 7.88. The Hall–Kier alpha value is -3.45. The number of benzene rings is 1. The van der Waals surface area contributed by atoms with Crippen molar-refractivity contribution >= 4 is 11.9 Å². The maximum absolute atomic E-state index is 12.6. The van der Waals surface area contributed by atoms with Crippen LogP contribution in [0.3, 0.4) is 0 Å². The molecule has 4 nitrogen and oxygen atoms in total. The SMILES string of the molecule is C#CC.C=C/C=C(C=C)/C1=C/OC/C=C\c2c(ccc(O)c2O)CC1=O. The number of Topliss-reactive ketones (excluding diaryl/α,β-unsaturated/α-hetero) is 1. The number of carbonyl (C=O) groups is 1. The van der Waals surface area contributed by atoms with Gasteiger partial charge in [-0.1, -0.05) is 43.5 Å². The van der Waals surface area contributed by atoms with Gasteiger partial charge in [-0.05, 0) is 30.2 Å². The average Bonchev–Trinajstić information content (AvgIpc) is 2.62. The summed E-state index contributed by atoms with van der Waals surface area (Å²) in [6.45, 7) is 9.21. The number of allylic oxidation sites excluding steroid dienone is 5. The number of rotatable bonds is 3. The Kier molecular flexibility index (Phi) is 8.26. The third kappa shape index (κ3) is 5.29. The van der Waals surface area contributed by atoms with Crippen molar-refractivity contribution < 1.29 is 19.7 Å². The maximum Gasteiger partial charge on any atom is 0.170 e. The van der Waals surface area contributed by atoms with Crippen molar-refractivity contribution in [2.24, 2.45) is 0 Å². The molecule has 0 amide bonds. The van der Waals surface area contributed by atoms with E-state index in [0.29, 0.717) is 22.3 Å². The monoisotopic (exact) mass is 350 g/mol. The topological polar surface area (TPSA) is 66.8 Å². The Balaban J connectivity index is 0.00000105. The van der Waals surface area contributed by atoms with E-state index in [1.165, 1.54) is 12.3 Å². The van der Waals surface area contributed by atoms with Gasteiger partial charge in [0.05, 0.1) is 11.8 Å². The first kappa shape index (κ1) is 20.6. The van der Waals surface area contributed by atoms with E-state index in [2.05, 4.69) is 25.5 Å². The molecule has 1 heterocycles. The third-order valence-corrected chi connectivity index (χ3v) is 3.44. The van der Waals surface area contributed by atoms with Crippen molar-refractivity contribution in [2.75, 3.05) is 6.61 Å². The fourth-order valence-electron chi connectivity index (χ4n) is 2.29. The van der Waals surface area contributed by atoms with Gasteiger partial charge in [0.15, 0.2) is 17.3 Å². The first-order chi connectivity index (χ1) is 12.5. The van der Waals surface area contributed by atoms with Crippen LogP contribution < -0.4 is 0 Å². The molecule has 2 rings (SSSR count). The molecule has 1 aliphatic heterocycles. The largest absolute Gasteiger partial charge is 0.504 e. The van der Waals surface area contributed by atoms with E-state index in [9.17, 15) is 15.0 Å². The second kappa shape index (κ2) is 10.4. The summed E-state index contributed by atoms with van der Waals surface area (Å²) < 4.78 is 5.37. The zero-order valence-electron chi connectivity index (χ0n) is 14.7. The molecule has 0 saturated heterocycles. The van der Waals surface area contributed by atoms with Crippen LogP contribution in [0.15, 0.2) is 67.0 Å². The first-order valence-corrected chi connectivity index (χ1v) is 7.88. The lowest BCUT2D eigenvalue weighted by Crippen LogP contribution is -2.10. The van der Waals surface area contributed by atoms with Crippen molar-refractivity contribution in [1.82, 2.24) is 0 Å². The van der Waals surface area contributed by atoms with Gasteiger partial charge in [-0.25, -0.2) is 0 Å². The van der Waals surface area contributed by atoms with Crippen molar-refractivity contribution in [3.05, 3.63) is 78.1 Å². The van der Waals surface area contributed by atoms with Gasteiger partial charge in [-0.2, -0.15) is 0 Å². The average molecular weight is 350 g/mol. The molecule has 0 radical (unpaired) electrons. The number of hydrogen-bond acceptors (Lipinski definition) is 4. The molecule has 0 saturated carbocycles. The number of ketones is 1. The fraction of sp³-hybridized carbons (Fsp3) is 0.136. The molecule has 0 unspecified atom stereocenters. The molecule has 0 spiro atoms. The summed E-state index contributed by atoms with van der Waals surface area (Å²) in [7, 11) is 0.